The van der Waals surface area contributed by atoms with Crippen LogP contribution in [0.4, 0.5) is 0 Å². The summed E-state index contributed by atoms with van der Waals surface area (Å²) in [6.45, 7) is 3.55. The number of nitrogens with one attached hydrogen (secondary N) is 1. The average molecular weight is 433 g/mol. The third kappa shape index (κ3) is 5.35. The SMILES string of the molecule is [CH2]C(O)C(C(=O)[C@H](CC(N)=O)NC(=O)c1ccc2ccccc2n1)C(N)c1ccccc1. The smallest absolute Gasteiger partial charge is 0.270 e. The molecule has 0 bridgehead atoms. The lowest BCUT2D eigenvalue weighted by Gasteiger charge is -2.29. The summed E-state index contributed by atoms with van der Waals surface area (Å²) in [7, 11) is 0. The highest BCUT2D eigenvalue weighted by Crippen LogP contribution is 2.25. The Morgan fingerprint density at radius 2 is 1.66 bits per heavy atom. The van der Waals surface area contributed by atoms with Crippen molar-refractivity contribution in [2.24, 2.45) is 17.4 Å². The molecule has 8 heteroatoms. The number of hydrogen-bond acceptors (Lipinski definition) is 6. The molecule has 2 aromatic carbocycles. The number of amides is 2. The lowest BCUT2D eigenvalue weighted by molar-refractivity contribution is -0.131. The van der Waals surface area contributed by atoms with Crippen LogP contribution in [0.3, 0.4) is 0 Å². The number of ketones is 1. The molecule has 0 aliphatic carbocycles. The molecule has 32 heavy (non-hydrogen) atoms. The minimum Gasteiger partial charge on any atom is -0.392 e. The lowest BCUT2D eigenvalue weighted by Crippen LogP contribution is -2.50. The largest absolute Gasteiger partial charge is 0.392 e. The van der Waals surface area contributed by atoms with E-state index in [9.17, 15) is 19.5 Å². The monoisotopic (exact) mass is 433 g/mol. The average Bonchev–Trinajstić information content (AvgIpc) is 2.78. The molecule has 1 radical (unpaired) electrons. The second-order valence-corrected chi connectivity index (χ2v) is 7.52. The molecule has 3 aromatic rings. The fraction of sp³-hybridized carbons (Fsp3) is 0.208. The maximum atomic E-state index is 13.3. The normalized spacial score (nSPS) is 14.8. The Hall–Kier alpha value is -3.62. The first-order valence-corrected chi connectivity index (χ1v) is 10.1. The van der Waals surface area contributed by atoms with Crippen LogP contribution in [-0.4, -0.2) is 39.8 Å². The molecular weight excluding hydrogens is 408 g/mol. The molecule has 4 atom stereocenters. The first-order valence-electron chi connectivity index (χ1n) is 10.1. The number of aliphatic hydroxyl groups is 1. The zero-order valence-corrected chi connectivity index (χ0v) is 17.3. The molecule has 8 nitrogen and oxygen atoms in total. The minimum absolute atomic E-state index is 0.0741. The zero-order valence-electron chi connectivity index (χ0n) is 17.3. The van der Waals surface area contributed by atoms with Crippen LogP contribution in [0.25, 0.3) is 10.9 Å². The number of pyridine rings is 1. The van der Waals surface area contributed by atoms with E-state index in [-0.39, 0.29) is 5.69 Å². The maximum Gasteiger partial charge on any atom is 0.270 e. The molecule has 0 aliphatic heterocycles. The number of benzene rings is 2. The van der Waals surface area contributed by atoms with Gasteiger partial charge in [0.15, 0.2) is 5.78 Å². The molecule has 0 saturated carbocycles. The van der Waals surface area contributed by atoms with E-state index < -0.39 is 48.1 Å². The van der Waals surface area contributed by atoms with E-state index in [1.54, 1.807) is 48.5 Å². The van der Waals surface area contributed by atoms with Crippen molar-refractivity contribution in [3.05, 3.63) is 84.9 Å². The van der Waals surface area contributed by atoms with Gasteiger partial charge in [-0.2, -0.15) is 0 Å². The van der Waals surface area contributed by atoms with Crippen molar-refractivity contribution in [1.29, 1.82) is 0 Å². The molecule has 0 fully saturated rings. The highest BCUT2D eigenvalue weighted by atomic mass is 16.3. The quantitative estimate of drug-likeness (QED) is 0.400. The van der Waals surface area contributed by atoms with Crippen LogP contribution in [0.1, 0.15) is 28.5 Å². The molecule has 1 aromatic heterocycles. The summed E-state index contributed by atoms with van der Waals surface area (Å²) in [6, 6.07) is 17.0. The highest BCUT2D eigenvalue weighted by Gasteiger charge is 2.37. The van der Waals surface area contributed by atoms with Crippen LogP contribution in [0.5, 0.6) is 0 Å². The van der Waals surface area contributed by atoms with Crippen LogP contribution in [0, 0.1) is 12.8 Å². The Labute approximate surface area is 185 Å². The molecule has 6 N–H and O–H groups in total. The number of nitrogens with zero attached hydrogens (tertiary/aromatic N) is 1. The van der Waals surface area contributed by atoms with Gasteiger partial charge < -0.3 is 21.9 Å². The van der Waals surface area contributed by atoms with Crippen molar-refractivity contribution in [2.75, 3.05) is 0 Å². The van der Waals surface area contributed by atoms with E-state index in [0.717, 1.165) is 5.39 Å². The van der Waals surface area contributed by atoms with E-state index in [2.05, 4.69) is 17.2 Å². The number of aromatic nitrogens is 1. The molecule has 0 saturated heterocycles. The second kappa shape index (κ2) is 10.1. The van der Waals surface area contributed by atoms with Gasteiger partial charge in [-0.1, -0.05) is 54.6 Å². The van der Waals surface area contributed by atoms with Crippen molar-refractivity contribution in [3.63, 3.8) is 0 Å². The standard InChI is InChI=1S/C24H25N4O4/c1-14(29)21(22(26)16-8-3-2-4-9-16)23(31)19(13-20(25)30)28-24(32)18-12-11-15-7-5-6-10-17(15)27-18/h2-12,14,19,21-22,29H,1,13,26H2,(H2,25,30)(H,28,32)/t14?,19-,21?,22?/m0/s1. The Morgan fingerprint density at radius 3 is 2.31 bits per heavy atom. The summed E-state index contributed by atoms with van der Waals surface area (Å²) >= 11 is 0. The number of aliphatic hydroxyl groups excluding tert-OH is 1. The second-order valence-electron chi connectivity index (χ2n) is 7.52. The summed E-state index contributed by atoms with van der Waals surface area (Å²) in [5.41, 5.74) is 12.9. The summed E-state index contributed by atoms with van der Waals surface area (Å²) in [5, 5.41) is 13.6. The van der Waals surface area contributed by atoms with Crippen molar-refractivity contribution in [3.8, 4) is 0 Å². The summed E-state index contributed by atoms with van der Waals surface area (Å²) in [5.74, 6) is -3.26. The van der Waals surface area contributed by atoms with Gasteiger partial charge in [0.2, 0.25) is 5.91 Å². The van der Waals surface area contributed by atoms with E-state index in [0.29, 0.717) is 11.1 Å². The third-order valence-electron chi connectivity index (χ3n) is 5.20. The van der Waals surface area contributed by atoms with Gasteiger partial charge in [-0.25, -0.2) is 4.98 Å². The number of carbonyl (C=O) groups excluding carboxylic acids is 3. The first kappa shape index (κ1) is 23.1. The van der Waals surface area contributed by atoms with Crippen LogP contribution < -0.4 is 16.8 Å². The van der Waals surface area contributed by atoms with E-state index >= 15 is 0 Å². The number of primary amides is 1. The van der Waals surface area contributed by atoms with Gasteiger partial charge in [0.05, 0.1) is 30.0 Å². The van der Waals surface area contributed by atoms with Gasteiger partial charge in [0.25, 0.3) is 5.91 Å². The van der Waals surface area contributed by atoms with E-state index in [1.165, 1.54) is 6.07 Å². The van der Waals surface area contributed by atoms with Gasteiger partial charge in [-0.15, -0.1) is 0 Å². The van der Waals surface area contributed by atoms with Crippen LogP contribution >= 0.6 is 0 Å². The molecule has 2 amide bonds. The maximum absolute atomic E-state index is 13.3. The number of nitrogens with two attached hydrogens (primary N) is 2. The topological polar surface area (TPSA) is 148 Å². The number of rotatable bonds is 9. The van der Waals surface area contributed by atoms with Crippen LogP contribution in [0.15, 0.2) is 66.7 Å². The Balaban J connectivity index is 1.87. The van der Waals surface area contributed by atoms with Crippen molar-refractivity contribution >= 4 is 28.5 Å². The molecule has 1 heterocycles. The molecule has 3 rings (SSSR count). The number of fused-ring (bicyclic) bond motifs is 1. The molecule has 0 spiro atoms. The fourth-order valence-corrected chi connectivity index (χ4v) is 3.57. The van der Waals surface area contributed by atoms with Crippen LogP contribution in [0.2, 0.25) is 0 Å². The van der Waals surface area contributed by atoms with Crippen LogP contribution in [-0.2, 0) is 9.59 Å². The van der Waals surface area contributed by atoms with Gasteiger partial charge >= 0.3 is 0 Å². The first-order chi connectivity index (χ1) is 15.3. The minimum atomic E-state index is -1.37. The Morgan fingerprint density at radius 1 is 1.00 bits per heavy atom. The summed E-state index contributed by atoms with van der Waals surface area (Å²) < 4.78 is 0. The molecule has 165 valence electrons. The van der Waals surface area contributed by atoms with Gasteiger partial charge in [-0.05, 0) is 24.6 Å². The Kier molecular flexibility index (Phi) is 7.29. The summed E-state index contributed by atoms with van der Waals surface area (Å²) in [6.07, 6.45) is -1.83. The van der Waals surface area contributed by atoms with Crippen molar-refractivity contribution < 1.29 is 19.5 Å². The van der Waals surface area contributed by atoms with Crippen molar-refractivity contribution in [1.82, 2.24) is 10.3 Å². The predicted molar refractivity (Wildman–Crippen MR) is 120 cm³/mol. The number of Topliss-reactive ketones (excluding diaryl/α,β-unsaturated/α-hetero) is 1. The molecule has 3 unspecified atom stereocenters. The number of hydrogen-bond donors (Lipinski definition) is 4. The van der Waals surface area contributed by atoms with E-state index in [4.69, 9.17) is 11.5 Å². The Bertz CT molecular complexity index is 1120. The number of para-hydroxylation sites is 1. The molecule has 0 aliphatic rings. The summed E-state index contributed by atoms with van der Waals surface area (Å²) in [4.78, 5) is 42.1. The zero-order chi connectivity index (χ0) is 23.3. The lowest BCUT2D eigenvalue weighted by atomic mass is 9.83. The van der Waals surface area contributed by atoms with Gasteiger partial charge in [-0.3, -0.25) is 14.4 Å². The molecular formula is C24H25N4O4. The van der Waals surface area contributed by atoms with E-state index in [1.807, 2.05) is 12.1 Å². The fourth-order valence-electron chi connectivity index (χ4n) is 3.57. The highest BCUT2D eigenvalue weighted by molar-refractivity contribution is 6.00. The van der Waals surface area contributed by atoms with Crippen molar-refractivity contribution in [2.45, 2.75) is 24.6 Å². The predicted octanol–water partition coefficient (Wildman–Crippen LogP) is 1.29. The van der Waals surface area contributed by atoms with Gasteiger partial charge in [0.1, 0.15) is 5.69 Å². The number of carbonyl (C=O) groups is 3. The third-order valence-corrected chi connectivity index (χ3v) is 5.20. The van der Waals surface area contributed by atoms with Gasteiger partial charge in [0, 0.05) is 11.4 Å².